The second kappa shape index (κ2) is 4.88. The number of nitrogens with zero attached hydrogens (tertiary/aromatic N) is 1. The maximum Gasteiger partial charge on any atom is 0.312 e. The molecule has 0 spiro atoms. The number of anilines is 1. The van der Waals surface area contributed by atoms with Crippen molar-refractivity contribution in [3.05, 3.63) is 10.6 Å². The number of carboxylic acids is 1. The molecule has 1 fully saturated rings. The summed E-state index contributed by atoms with van der Waals surface area (Å²) >= 11 is 1.65. The van der Waals surface area contributed by atoms with Gasteiger partial charge in [0.05, 0.1) is 5.69 Å². The molecule has 1 atom stereocenters. The maximum atomic E-state index is 11.1. The third-order valence-corrected chi connectivity index (χ3v) is 5.01. The van der Waals surface area contributed by atoms with Crippen LogP contribution in [0, 0.1) is 0 Å². The molecule has 1 aromatic heterocycles. The molecule has 3 rings (SSSR count). The molecule has 0 aliphatic heterocycles. The van der Waals surface area contributed by atoms with Crippen LogP contribution >= 0.6 is 11.3 Å². The van der Waals surface area contributed by atoms with Crippen molar-refractivity contribution >= 4 is 22.4 Å². The Bertz CT molecular complexity index is 452. The zero-order chi connectivity index (χ0) is 12.5. The van der Waals surface area contributed by atoms with E-state index in [1.807, 2.05) is 0 Å². The number of thiazole rings is 1. The number of nitrogens with one attached hydrogen (secondary N) is 1. The van der Waals surface area contributed by atoms with Crippen molar-refractivity contribution in [3.8, 4) is 0 Å². The normalized spacial score (nSPS) is 23.9. The lowest BCUT2D eigenvalue weighted by Gasteiger charge is -2.22. The minimum absolute atomic E-state index is 0.377. The van der Waals surface area contributed by atoms with Gasteiger partial charge >= 0.3 is 5.97 Å². The lowest BCUT2D eigenvalue weighted by molar-refractivity contribution is -0.138. The molecule has 5 heteroatoms. The van der Waals surface area contributed by atoms with Crippen molar-refractivity contribution in [1.82, 2.24) is 4.98 Å². The largest absolute Gasteiger partial charge is 0.481 e. The second-order valence-electron chi connectivity index (χ2n) is 5.24. The van der Waals surface area contributed by atoms with Gasteiger partial charge < -0.3 is 10.4 Å². The Balaban J connectivity index is 1.71. The Morgan fingerprint density at radius 2 is 2.06 bits per heavy atom. The highest BCUT2D eigenvalue weighted by atomic mass is 32.1. The highest BCUT2D eigenvalue weighted by Gasteiger charge is 2.32. The van der Waals surface area contributed by atoms with Crippen LogP contribution in [0.3, 0.4) is 0 Å². The third kappa shape index (κ3) is 2.23. The predicted octanol–water partition coefficient (Wildman–Crippen LogP) is 3.00. The zero-order valence-electron chi connectivity index (χ0n) is 10.3. The van der Waals surface area contributed by atoms with Crippen LogP contribution in [-0.2, 0) is 11.2 Å². The van der Waals surface area contributed by atoms with Crippen molar-refractivity contribution in [3.63, 3.8) is 0 Å². The SMILES string of the molecule is O=C(O)C1CCc2sc(NC3CCCCC3)nc21. The molecule has 18 heavy (non-hydrogen) atoms. The Labute approximate surface area is 110 Å². The molecule has 1 aromatic rings. The van der Waals surface area contributed by atoms with Crippen molar-refractivity contribution in [2.45, 2.75) is 56.9 Å². The van der Waals surface area contributed by atoms with Gasteiger partial charge in [-0.2, -0.15) is 0 Å². The molecule has 1 heterocycles. The van der Waals surface area contributed by atoms with Gasteiger partial charge in [-0.15, -0.1) is 11.3 Å². The number of carboxylic acid groups (broad SMARTS) is 1. The molecule has 2 aliphatic rings. The summed E-state index contributed by atoms with van der Waals surface area (Å²) < 4.78 is 0. The Hall–Kier alpha value is -1.10. The molecule has 2 aliphatic carbocycles. The van der Waals surface area contributed by atoms with Crippen LogP contribution in [-0.4, -0.2) is 22.1 Å². The average Bonchev–Trinajstić information content (AvgIpc) is 2.89. The van der Waals surface area contributed by atoms with Gasteiger partial charge in [-0.3, -0.25) is 4.79 Å². The fourth-order valence-corrected chi connectivity index (χ4v) is 4.07. The van der Waals surface area contributed by atoms with E-state index >= 15 is 0 Å². The molecular weight excluding hydrogens is 248 g/mol. The van der Waals surface area contributed by atoms with E-state index in [4.69, 9.17) is 5.11 Å². The van der Waals surface area contributed by atoms with E-state index in [1.54, 1.807) is 11.3 Å². The Kier molecular flexibility index (Phi) is 3.24. The first-order valence-electron chi connectivity index (χ1n) is 6.73. The third-order valence-electron chi connectivity index (χ3n) is 3.95. The minimum atomic E-state index is -0.733. The number of aryl methyl sites for hydroxylation is 1. The van der Waals surface area contributed by atoms with Crippen LogP contribution in [0.5, 0.6) is 0 Å². The van der Waals surface area contributed by atoms with E-state index in [-0.39, 0.29) is 5.92 Å². The van der Waals surface area contributed by atoms with E-state index in [2.05, 4.69) is 10.3 Å². The molecule has 0 aromatic carbocycles. The first-order valence-corrected chi connectivity index (χ1v) is 7.54. The van der Waals surface area contributed by atoms with Gasteiger partial charge in [0.2, 0.25) is 0 Å². The van der Waals surface area contributed by atoms with E-state index in [0.717, 1.165) is 17.2 Å². The fourth-order valence-electron chi connectivity index (χ4n) is 2.95. The molecule has 1 saturated carbocycles. The van der Waals surface area contributed by atoms with Gasteiger partial charge in [0.15, 0.2) is 5.13 Å². The highest BCUT2D eigenvalue weighted by Crippen LogP contribution is 2.39. The first kappa shape index (κ1) is 12.0. The van der Waals surface area contributed by atoms with Crippen LogP contribution in [0.15, 0.2) is 0 Å². The topological polar surface area (TPSA) is 62.2 Å². The number of fused-ring (bicyclic) bond motifs is 1. The van der Waals surface area contributed by atoms with Crippen molar-refractivity contribution in [2.24, 2.45) is 0 Å². The molecule has 98 valence electrons. The quantitative estimate of drug-likeness (QED) is 0.883. The molecule has 1 unspecified atom stereocenters. The van der Waals surface area contributed by atoms with Crippen LogP contribution in [0.2, 0.25) is 0 Å². The molecule has 4 nitrogen and oxygen atoms in total. The van der Waals surface area contributed by atoms with Crippen molar-refractivity contribution in [1.29, 1.82) is 0 Å². The fraction of sp³-hybridized carbons (Fsp3) is 0.692. The maximum absolute atomic E-state index is 11.1. The lowest BCUT2D eigenvalue weighted by Crippen LogP contribution is -2.22. The highest BCUT2D eigenvalue weighted by molar-refractivity contribution is 7.15. The van der Waals surface area contributed by atoms with Gasteiger partial charge in [0, 0.05) is 10.9 Å². The van der Waals surface area contributed by atoms with Gasteiger partial charge in [-0.05, 0) is 25.7 Å². The van der Waals surface area contributed by atoms with Gasteiger partial charge in [0.1, 0.15) is 5.92 Å². The average molecular weight is 266 g/mol. The second-order valence-corrected chi connectivity index (χ2v) is 6.32. The summed E-state index contributed by atoms with van der Waals surface area (Å²) in [6, 6.07) is 0.535. The summed E-state index contributed by atoms with van der Waals surface area (Å²) in [5.74, 6) is -1.11. The van der Waals surface area contributed by atoms with E-state index < -0.39 is 5.97 Å². The monoisotopic (exact) mass is 266 g/mol. The zero-order valence-corrected chi connectivity index (χ0v) is 11.1. The molecule has 0 bridgehead atoms. The summed E-state index contributed by atoms with van der Waals surface area (Å²) in [4.78, 5) is 16.8. The minimum Gasteiger partial charge on any atom is -0.481 e. The molecule has 0 radical (unpaired) electrons. The summed E-state index contributed by atoms with van der Waals surface area (Å²) in [6.07, 6.45) is 7.94. The first-order chi connectivity index (χ1) is 8.74. The van der Waals surface area contributed by atoms with E-state index in [1.165, 1.54) is 37.0 Å². The smallest absolute Gasteiger partial charge is 0.312 e. The van der Waals surface area contributed by atoms with Gasteiger partial charge in [-0.25, -0.2) is 4.98 Å². The Morgan fingerprint density at radius 3 is 2.78 bits per heavy atom. The standard InChI is InChI=1S/C13H18N2O2S/c16-12(17)9-6-7-10-11(9)15-13(18-10)14-8-4-2-1-3-5-8/h8-9H,1-7H2,(H,14,15)(H,16,17). The summed E-state index contributed by atoms with van der Waals surface area (Å²) in [5, 5.41) is 13.5. The summed E-state index contributed by atoms with van der Waals surface area (Å²) in [7, 11) is 0. The van der Waals surface area contributed by atoms with Gasteiger partial charge in [-0.1, -0.05) is 19.3 Å². The predicted molar refractivity (Wildman–Crippen MR) is 71.3 cm³/mol. The van der Waals surface area contributed by atoms with Crippen LogP contribution in [0.25, 0.3) is 0 Å². The molecule has 0 saturated heterocycles. The van der Waals surface area contributed by atoms with Crippen molar-refractivity contribution in [2.75, 3.05) is 5.32 Å². The molecule has 2 N–H and O–H groups in total. The summed E-state index contributed by atoms with van der Waals surface area (Å²) in [6.45, 7) is 0. The Morgan fingerprint density at radius 1 is 1.28 bits per heavy atom. The number of rotatable bonds is 3. The van der Waals surface area contributed by atoms with Crippen molar-refractivity contribution < 1.29 is 9.90 Å². The van der Waals surface area contributed by atoms with E-state index in [0.29, 0.717) is 12.5 Å². The number of aliphatic carboxylic acids is 1. The van der Waals surface area contributed by atoms with Crippen LogP contribution in [0.4, 0.5) is 5.13 Å². The number of hydrogen-bond acceptors (Lipinski definition) is 4. The molecular formula is C13H18N2O2S. The van der Waals surface area contributed by atoms with Crippen LogP contribution < -0.4 is 5.32 Å². The lowest BCUT2D eigenvalue weighted by atomic mass is 9.96. The number of hydrogen-bond donors (Lipinski definition) is 2. The summed E-state index contributed by atoms with van der Waals surface area (Å²) in [5.41, 5.74) is 0.811. The number of carbonyl (C=O) groups is 1. The van der Waals surface area contributed by atoms with Crippen LogP contribution in [0.1, 0.15) is 55.0 Å². The van der Waals surface area contributed by atoms with Gasteiger partial charge in [0.25, 0.3) is 0 Å². The number of aromatic nitrogens is 1. The molecule has 0 amide bonds. The van der Waals surface area contributed by atoms with E-state index in [9.17, 15) is 4.79 Å².